The van der Waals surface area contributed by atoms with Crippen molar-refractivity contribution in [3.8, 4) is 0 Å². The fourth-order valence-corrected chi connectivity index (χ4v) is 3.60. The van der Waals surface area contributed by atoms with Gasteiger partial charge in [0.1, 0.15) is 0 Å². The van der Waals surface area contributed by atoms with Gasteiger partial charge in [-0.25, -0.2) is 8.42 Å². The molecule has 1 aliphatic rings. The van der Waals surface area contributed by atoms with Crippen LogP contribution in [0.2, 0.25) is 0 Å². The standard InChI is InChI=1S/C18H25BO5S2/c1-13(20)25-12-15(19-23-17(2,3)18(4,5)24-19)11-14-7-9-16(10-8-14)26(6,21)22/h7-11H,12H2,1-6H3. The molecule has 1 saturated heterocycles. The lowest BCUT2D eigenvalue weighted by Gasteiger charge is -2.32. The smallest absolute Gasteiger partial charge is 0.400 e. The molecular formula is C18H25BO5S2. The lowest BCUT2D eigenvalue weighted by atomic mass is 9.78. The Morgan fingerprint density at radius 1 is 1.12 bits per heavy atom. The van der Waals surface area contributed by atoms with Crippen LogP contribution in [0.15, 0.2) is 34.6 Å². The molecule has 1 fully saturated rings. The van der Waals surface area contributed by atoms with Crippen LogP contribution < -0.4 is 0 Å². The van der Waals surface area contributed by atoms with E-state index in [0.29, 0.717) is 5.75 Å². The molecule has 1 heterocycles. The molecule has 0 N–H and O–H groups in total. The zero-order valence-electron chi connectivity index (χ0n) is 16.0. The Kier molecular flexibility index (Phi) is 6.12. The van der Waals surface area contributed by atoms with Crippen LogP contribution in [0.25, 0.3) is 6.08 Å². The minimum atomic E-state index is -3.23. The summed E-state index contributed by atoms with van der Waals surface area (Å²) in [6.07, 6.45) is 3.07. The summed E-state index contributed by atoms with van der Waals surface area (Å²) in [5.74, 6) is 0.444. The number of thioether (sulfide) groups is 1. The van der Waals surface area contributed by atoms with Gasteiger partial charge in [0.25, 0.3) is 0 Å². The van der Waals surface area contributed by atoms with E-state index in [1.165, 1.54) is 24.9 Å². The highest BCUT2D eigenvalue weighted by molar-refractivity contribution is 8.13. The third-order valence-electron chi connectivity index (χ3n) is 4.66. The van der Waals surface area contributed by atoms with E-state index in [9.17, 15) is 13.2 Å². The van der Waals surface area contributed by atoms with Crippen molar-refractivity contribution >= 4 is 39.9 Å². The van der Waals surface area contributed by atoms with E-state index in [1.807, 2.05) is 33.8 Å². The van der Waals surface area contributed by atoms with Gasteiger partial charge in [0.2, 0.25) is 0 Å². The maximum absolute atomic E-state index is 11.6. The highest BCUT2D eigenvalue weighted by Crippen LogP contribution is 2.39. The lowest BCUT2D eigenvalue weighted by Crippen LogP contribution is -2.41. The summed E-state index contributed by atoms with van der Waals surface area (Å²) in [7, 11) is -3.79. The minimum Gasteiger partial charge on any atom is -0.400 e. The molecule has 1 aliphatic heterocycles. The number of rotatable bonds is 5. The second-order valence-electron chi connectivity index (χ2n) is 7.43. The first kappa shape index (κ1) is 21.2. The van der Waals surface area contributed by atoms with Crippen LogP contribution in [0, 0.1) is 0 Å². The monoisotopic (exact) mass is 396 g/mol. The van der Waals surface area contributed by atoms with Crippen molar-refractivity contribution < 1.29 is 22.5 Å². The molecule has 0 radical (unpaired) electrons. The van der Waals surface area contributed by atoms with E-state index in [4.69, 9.17) is 9.31 Å². The normalized spacial score (nSPS) is 19.6. The molecule has 5 nitrogen and oxygen atoms in total. The van der Waals surface area contributed by atoms with Gasteiger partial charge in [-0.05, 0) is 50.9 Å². The van der Waals surface area contributed by atoms with E-state index >= 15 is 0 Å². The van der Waals surface area contributed by atoms with Crippen LogP contribution in [-0.2, 0) is 23.9 Å². The third kappa shape index (κ3) is 5.00. The molecule has 0 bridgehead atoms. The molecule has 1 aromatic carbocycles. The second kappa shape index (κ2) is 7.50. The van der Waals surface area contributed by atoms with Crippen LogP contribution in [0.5, 0.6) is 0 Å². The largest absolute Gasteiger partial charge is 0.491 e. The molecule has 0 atom stereocenters. The number of carbonyl (C=O) groups is 1. The summed E-state index contributed by atoms with van der Waals surface area (Å²) in [5.41, 5.74) is 0.706. The van der Waals surface area contributed by atoms with E-state index in [-0.39, 0.29) is 10.0 Å². The van der Waals surface area contributed by atoms with E-state index in [2.05, 4.69) is 0 Å². The van der Waals surface area contributed by atoms with Crippen molar-refractivity contribution in [3.63, 3.8) is 0 Å². The molecule has 2 rings (SSSR count). The Morgan fingerprint density at radius 3 is 2.04 bits per heavy atom. The quantitative estimate of drug-likeness (QED) is 0.711. The summed E-state index contributed by atoms with van der Waals surface area (Å²) in [4.78, 5) is 11.7. The highest BCUT2D eigenvalue weighted by Gasteiger charge is 2.52. The molecule has 0 saturated carbocycles. The van der Waals surface area contributed by atoms with Crippen LogP contribution in [0.1, 0.15) is 40.2 Å². The molecule has 0 aliphatic carbocycles. The van der Waals surface area contributed by atoms with Gasteiger partial charge in [0.15, 0.2) is 15.0 Å². The zero-order chi connectivity index (χ0) is 19.8. The van der Waals surface area contributed by atoms with Gasteiger partial charge in [-0.2, -0.15) is 0 Å². The molecule has 142 valence electrons. The molecule has 8 heteroatoms. The number of carbonyl (C=O) groups excluding carboxylic acids is 1. The van der Waals surface area contributed by atoms with Gasteiger partial charge >= 0.3 is 7.12 Å². The molecule has 0 aromatic heterocycles. The number of hydrogen-bond acceptors (Lipinski definition) is 6. The van der Waals surface area contributed by atoms with Gasteiger partial charge in [0, 0.05) is 18.9 Å². The zero-order valence-corrected chi connectivity index (χ0v) is 17.7. The van der Waals surface area contributed by atoms with Gasteiger partial charge in [-0.1, -0.05) is 30.0 Å². The Bertz CT molecular complexity index is 794. The fraction of sp³-hybridized carbons (Fsp3) is 0.500. The summed E-state index contributed by atoms with van der Waals surface area (Å²) in [5, 5.41) is 0.0137. The highest BCUT2D eigenvalue weighted by atomic mass is 32.2. The molecule has 0 amide bonds. The van der Waals surface area contributed by atoms with Gasteiger partial charge in [-0.3, -0.25) is 4.79 Å². The van der Waals surface area contributed by atoms with Gasteiger partial charge in [0.05, 0.1) is 16.1 Å². The summed E-state index contributed by atoms with van der Waals surface area (Å²) < 4.78 is 35.4. The number of sulfone groups is 1. The molecule has 26 heavy (non-hydrogen) atoms. The predicted molar refractivity (Wildman–Crippen MR) is 107 cm³/mol. The van der Waals surface area contributed by atoms with E-state index < -0.39 is 28.2 Å². The summed E-state index contributed by atoms with van der Waals surface area (Å²) >= 11 is 1.19. The number of benzene rings is 1. The van der Waals surface area contributed by atoms with Gasteiger partial charge < -0.3 is 9.31 Å². The summed E-state index contributed by atoms with van der Waals surface area (Å²) in [6.45, 7) is 9.42. The average Bonchev–Trinajstić information content (AvgIpc) is 2.71. The van der Waals surface area contributed by atoms with Gasteiger partial charge in [-0.15, -0.1) is 0 Å². The van der Waals surface area contributed by atoms with E-state index in [0.717, 1.165) is 11.0 Å². The van der Waals surface area contributed by atoms with Crippen molar-refractivity contribution in [1.29, 1.82) is 0 Å². The van der Waals surface area contributed by atoms with Crippen molar-refractivity contribution in [2.24, 2.45) is 0 Å². The number of hydrogen-bond donors (Lipinski definition) is 0. The van der Waals surface area contributed by atoms with E-state index in [1.54, 1.807) is 24.3 Å². The first-order chi connectivity index (χ1) is 11.8. The SMILES string of the molecule is CC(=O)SCC(=Cc1ccc(S(C)(=O)=O)cc1)B1OC(C)(C)C(C)(C)O1. The van der Waals surface area contributed by atoms with Crippen molar-refractivity contribution in [3.05, 3.63) is 35.3 Å². The average molecular weight is 396 g/mol. The maximum atomic E-state index is 11.6. The predicted octanol–water partition coefficient (Wildman–Crippen LogP) is 3.38. The molecule has 1 aromatic rings. The third-order valence-corrected chi connectivity index (χ3v) is 6.67. The molecule has 0 spiro atoms. The first-order valence-electron chi connectivity index (χ1n) is 8.31. The van der Waals surface area contributed by atoms with Crippen molar-refractivity contribution in [2.75, 3.05) is 12.0 Å². The Labute approximate surface area is 160 Å². The lowest BCUT2D eigenvalue weighted by molar-refractivity contribution is -0.109. The Hall–Kier alpha value is -1.09. The van der Waals surface area contributed by atoms with Crippen LogP contribution in [0.3, 0.4) is 0 Å². The fourth-order valence-electron chi connectivity index (χ4n) is 2.38. The minimum absolute atomic E-state index is 0.0137. The van der Waals surface area contributed by atoms with Crippen molar-refractivity contribution in [1.82, 2.24) is 0 Å². The first-order valence-corrected chi connectivity index (χ1v) is 11.2. The molecule has 0 unspecified atom stereocenters. The summed E-state index contributed by atoms with van der Waals surface area (Å²) in [6, 6.07) is 6.61. The topological polar surface area (TPSA) is 69.7 Å². The van der Waals surface area contributed by atoms with Crippen LogP contribution in [-0.4, -0.2) is 43.9 Å². The van der Waals surface area contributed by atoms with Crippen LogP contribution >= 0.6 is 11.8 Å². The van der Waals surface area contributed by atoms with Crippen molar-refractivity contribution in [2.45, 2.75) is 50.7 Å². The Morgan fingerprint density at radius 2 is 1.62 bits per heavy atom. The molecular weight excluding hydrogens is 371 g/mol. The Balaban J connectivity index is 2.33. The van der Waals surface area contributed by atoms with Crippen LogP contribution in [0.4, 0.5) is 0 Å². The second-order valence-corrected chi connectivity index (χ2v) is 10.6. The maximum Gasteiger partial charge on any atom is 0.491 e.